The summed E-state index contributed by atoms with van der Waals surface area (Å²) < 4.78 is 34.6. The fraction of sp³-hybridized carbons (Fsp3) is 0.500. The molecular weight excluding hydrogens is 267 g/mol. The fourth-order valence-corrected chi connectivity index (χ4v) is 0.961. The number of hydrogen-bond donors (Lipinski definition) is 0. The number of alkyl halides is 4. The largest absolute Gasteiger partial charge is 0.426 e. The molecule has 0 heterocycles. The van der Waals surface area contributed by atoms with Crippen LogP contribution in [0.25, 0.3) is 0 Å². The zero-order valence-corrected chi connectivity index (χ0v) is 7.09. The Kier molecular flexibility index (Phi) is 3.88. The van der Waals surface area contributed by atoms with Crippen LogP contribution in [0.5, 0.6) is 0 Å². The summed E-state index contributed by atoms with van der Waals surface area (Å²) in [4.78, 5) is 0. The molecule has 0 fully saturated rings. The second-order valence-corrected chi connectivity index (χ2v) is 2.49. The molecule has 0 N–H and O–H groups in total. The molecule has 0 aromatic heterocycles. The quantitative estimate of drug-likeness (QED) is 0.507. The predicted molar refractivity (Wildman–Crippen MR) is 38.9 cm³/mol. The van der Waals surface area contributed by atoms with Gasteiger partial charge in [0.1, 0.15) is 5.03 Å². The monoisotopic (exact) mass is 270 g/mol. The van der Waals surface area contributed by atoms with Gasteiger partial charge in [0.2, 0.25) is 0 Å². The molecule has 0 spiro atoms. The number of hydrogen-bond acceptors (Lipinski definition) is 0. The molecule has 0 saturated carbocycles. The highest BCUT2D eigenvalue weighted by Gasteiger charge is 2.31. The fourth-order valence-electron chi connectivity index (χ4n) is 0.183. The van der Waals surface area contributed by atoms with E-state index in [1.807, 2.05) is 0 Å². The van der Waals surface area contributed by atoms with Crippen molar-refractivity contribution in [1.29, 1.82) is 0 Å². The molecule has 0 nitrogen and oxygen atoms in total. The summed E-state index contributed by atoms with van der Waals surface area (Å²) in [5.74, 6) is 0. The third kappa shape index (κ3) is 4.02. The standard InChI is InChI=1S/C4H3ClF3I/c5-3(1-2-9)4(6,7)8/h1H,2H2/b3-1+. The Morgan fingerprint density at radius 3 is 2.11 bits per heavy atom. The number of allylic oxidation sites excluding steroid dienone is 2. The first-order chi connectivity index (χ1) is 3.98. The highest BCUT2D eigenvalue weighted by atomic mass is 127. The molecule has 0 atom stereocenters. The van der Waals surface area contributed by atoms with E-state index in [-0.39, 0.29) is 4.43 Å². The molecule has 0 aliphatic carbocycles. The molecule has 54 valence electrons. The van der Waals surface area contributed by atoms with E-state index in [0.29, 0.717) is 0 Å². The van der Waals surface area contributed by atoms with Crippen LogP contribution in [0.3, 0.4) is 0 Å². The van der Waals surface area contributed by atoms with E-state index in [1.54, 1.807) is 22.6 Å². The van der Waals surface area contributed by atoms with Crippen LogP contribution in [0, 0.1) is 0 Å². The van der Waals surface area contributed by atoms with Gasteiger partial charge in [-0.05, 0) is 0 Å². The van der Waals surface area contributed by atoms with Crippen molar-refractivity contribution in [2.24, 2.45) is 0 Å². The second kappa shape index (κ2) is 3.65. The molecule has 0 radical (unpaired) electrons. The van der Waals surface area contributed by atoms with E-state index in [9.17, 15) is 13.2 Å². The van der Waals surface area contributed by atoms with Crippen molar-refractivity contribution in [1.82, 2.24) is 0 Å². The minimum absolute atomic E-state index is 0.274. The van der Waals surface area contributed by atoms with Crippen LogP contribution in [-0.2, 0) is 0 Å². The molecule has 0 amide bonds. The van der Waals surface area contributed by atoms with Crippen LogP contribution < -0.4 is 0 Å². The van der Waals surface area contributed by atoms with Crippen LogP contribution in [0.2, 0.25) is 0 Å². The minimum Gasteiger partial charge on any atom is -0.165 e. The Morgan fingerprint density at radius 2 is 2.00 bits per heavy atom. The van der Waals surface area contributed by atoms with Crippen molar-refractivity contribution in [3.8, 4) is 0 Å². The lowest BCUT2D eigenvalue weighted by Gasteiger charge is -2.01. The minimum atomic E-state index is -4.37. The van der Waals surface area contributed by atoms with E-state index < -0.39 is 11.2 Å². The van der Waals surface area contributed by atoms with Crippen LogP contribution in [0.1, 0.15) is 0 Å². The maximum Gasteiger partial charge on any atom is 0.426 e. The Bertz CT molecular complexity index is 117. The zero-order valence-electron chi connectivity index (χ0n) is 4.17. The first-order valence-electron chi connectivity index (χ1n) is 1.97. The lowest BCUT2D eigenvalue weighted by Crippen LogP contribution is -2.06. The summed E-state index contributed by atoms with van der Waals surface area (Å²) in [6.07, 6.45) is -3.45. The summed E-state index contributed by atoms with van der Waals surface area (Å²) in [6, 6.07) is 0. The predicted octanol–water partition coefficient (Wildman–Crippen LogP) is 3.11. The Hall–Kier alpha value is 0.550. The van der Waals surface area contributed by atoms with Crippen LogP contribution in [0.15, 0.2) is 11.1 Å². The maximum absolute atomic E-state index is 11.4. The molecule has 0 aliphatic rings. The molecule has 0 unspecified atom stereocenters. The lowest BCUT2D eigenvalue weighted by molar-refractivity contribution is -0.0845. The van der Waals surface area contributed by atoms with E-state index in [0.717, 1.165) is 6.08 Å². The van der Waals surface area contributed by atoms with Gasteiger partial charge in [-0.2, -0.15) is 13.2 Å². The van der Waals surface area contributed by atoms with Gasteiger partial charge in [0.05, 0.1) is 0 Å². The second-order valence-electron chi connectivity index (χ2n) is 1.20. The highest BCUT2D eigenvalue weighted by molar-refractivity contribution is 14.1. The molecule has 9 heavy (non-hydrogen) atoms. The van der Waals surface area contributed by atoms with Gasteiger partial charge in [-0.1, -0.05) is 40.3 Å². The summed E-state index contributed by atoms with van der Waals surface area (Å²) >= 11 is 6.57. The van der Waals surface area contributed by atoms with Crippen molar-refractivity contribution < 1.29 is 13.2 Å². The van der Waals surface area contributed by atoms with Gasteiger partial charge >= 0.3 is 6.18 Å². The molecule has 0 aromatic carbocycles. The van der Waals surface area contributed by atoms with Crippen molar-refractivity contribution in [3.63, 3.8) is 0 Å². The van der Waals surface area contributed by atoms with Crippen LogP contribution in [-0.4, -0.2) is 10.6 Å². The average Bonchev–Trinajstić information content (AvgIpc) is 1.64. The smallest absolute Gasteiger partial charge is 0.165 e. The lowest BCUT2D eigenvalue weighted by atomic mass is 10.5. The van der Waals surface area contributed by atoms with Crippen LogP contribution in [0.4, 0.5) is 13.2 Å². The maximum atomic E-state index is 11.4. The van der Waals surface area contributed by atoms with Gasteiger partial charge in [0.25, 0.3) is 0 Å². The van der Waals surface area contributed by atoms with Gasteiger partial charge in [0, 0.05) is 4.43 Å². The zero-order chi connectivity index (χ0) is 7.49. The summed E-state index contributed by atoms with van der Waals surface area (Å²) in [7, 11) is 0. The summed E-state index contributed by atoms with van der Waals surface area (Å²) in [6.45, 7) is 0. The van der Waals surface area contributed by atoms with E-state index in [1.165, 1.54) is 0 Å². The van der Waals surface area contributed by atoms with E-state index in [4.69, 9.17) is 11.6 Å². The van der Waals surface area contributed by atoms with Crippen molar-refractivity contribution in [2.45, 2.75) is 6.18 Å². The van der Waals surface area contributed by atoms with Crippen molar-refractivity contribution >= 4 is 34.2 Å². The number of rotatable bonds is 1. The van der Waals surface area contributed by atoms with Crippen molar-refractivity contribution in [3.05, 3.63) is 11.1 Å². The molecule has 0 aliphatic heterocycles. The Balaban J connectivity index is 4.03. The molecule has 0 aromatic rings. The highest BCUT2D eigenvalue weighted by Crippen LogP contribution is 2.28. The molecule has 0 rings (SSSR count). The third-order valence-electron chi connectivity index (χ3n) is 0.527. The van der Waals surface area contributed by atoms with Gasteiger partial charge in [-0.3, -0.25) is 0 Å². The first-order valence-corrected chi connectivity index (χ1v) is 3.87. The topological polar surface area (TPSA) is 0 Å². The van der Waals surface area contributed by atoms with Crippen LogP contribution >= 0.6 is 34.2 Å². The van der Waals surface area contributed by atoms with Gasteiger partial charge < -0.3 is 0 Å². The van der Waals surface area contributed by atoms with Gasteiger partial charge in [0.15, 0.2) is 0 Å². The van der Waals surface area contributed by atoms with E-state index in [2.05, 4.69) is 0 Å². The molecule has 5 heteroatoms. The first kappa shape index (κ1) is 9.55. The van der Waals surface area contributed by atoms with Crippen molar-refractivity contribution in [2.75, 3.05) is 4.43 Å². The SMILES string of the molecule is FC(F)(F)/C(Cl)=C\CI. The number of halogens is 5. The van der Waals surface area contributed by atoms with Gasteiger partial charge in [-0.15, -0.1) is 0 Å². The Morgan fingerprint density at radius 1 is 1.56 bits per heavy atom. The Labute approximate surface area is 69.2 Å². The normalized spacial score (nSPS) is 14.1. The molecule has 0 bridgehead atoms. The average molecular weight is 270 g/mol. The molecular formula is C4H3ClF3I. The van der Waals surface area contributed by atoms with E-state index >= 15 is 0 Å². The van der Waals surface area contributed by atoms with Gasteiger partial charge in [-0.25, -0.2) is 0 Å². The summed E-state index contributed by atoms with van der Waals surface area (Å²) in [5.41, 5.74) is 0. The summed E-state index contributed by atoms with van der Waals surface area (Å²) in [5, 5.41) is -1.04. The third-order valence-corrected chi connectivity index (χ3v) is 1.34. The molecule has 0 saturated heterocycles.